The van der Waals surface area contributed by atoms with Crippen LogP contribution in [0.15, 0.2) is 41.3 Å². The first-order chi connectivity index (χ1) is 12.9. The molecule has 28 heavy (non-hydrogen) atoms. The number of halogens is 1. The highest BCUT2D eigenvalue weighted by Crippen LogP contribution is 2.24. The highest BCUT2D eigenvalue weighted by atomic mass is 35.5. The summed E-state index contributed by atoms with van der Waals surface area (Å²) >= 11 is 3.78. The summed E-state index contributed by atoms with van der Waals surface area (Å²) in [7, 11) is 0. The molecule has 2 aromatic carbocycles. The van der Waals surface area contributed by atoms with Gasteiger partial charge in [0.2, 0.25) is 0 Å². The van der Waals surface area contributed by atoms with Crippen LogP contribution in [0.25, 0.3) is 0 Å². The van der Waals surface area contributed by atoms with E-state index in [-0.39, 0.29) is 21.4 Å². The lowest BCUT2D eigenvalue weighted by Crippen LogP contribution is -2.56. The van der Waals surface area contributed by atoms with Crippen LogP contribution in [0.4, 0.5) is 0 Å². The van der Waals surface area contributed by atoms with Crippen molar-refractivity contribution in [1.29, 1.82) is 0 Å². The number of hydrogen-bond donors (Lipinski definition) is 2. The first kappa shape index (κ1) is 22.1. The van der Waals surface area contributed by atoms with E-state index in [1.54, 1.807) is 32.9 Å². The maximum Gasteiger partial charge on any atom is 0.272 e. The Hall–Kier alpha value is -2.22. The lowest BCUT2D eigenvalue weighted by Gasteiger charge is -2.35. The van der Waals surface area contributed by atoms with Gasteiger partial charge in [0.15, 0.2) is 11.1 Å². The third kappa shape index (κ3) is 4.98. The molecule has 0 saturated heterocycles. The fraction of sp³-hybridized carbons (Fsp3) is 0.300. The second-order valence-corrected chi connectivity index (χ2v) is 8.81. The summed E-state index contributed by atoms with van der Waals surface area (Å²) < 4.78 is 20.7. The molecule has 1 unspecified atom stereocenters. The molecule has 0 saturated carbocycles. The number of hydrogen-bond acceptors (Lipinski definition) is 3. The lowest BCUT2D eigenvalue weighted by molar-refractivity contribution is 0.0358. The van der Waals surface area contributed by atoms with Crippen molar-refractivity contribution in [2.45, 2.75) is 45.1 Å². The molecule has 0 heterocycles. The average Bonchev–Trinajstić information content (AvgIpc) is 2.56. The van der Waals surface area contributed by atoms with Crippen LogP contribution in [0.3, 0.4) is 0 Å². The minimum Gasteiger partial charge on any atom is -0.302 e. The molecule has 2 N–H and O–H groups in total. The van der Waals surface area contributed by atoms with Crippen molar-refractivity contribution in [3.63, 3.8) is 0 Å². The summed E-state index contributed by atoms with van der Waals surface area (Å²) in [5, 5.41) is 1.11. The number of rotatable bonds is 3. The Morgan fingerprint density at radius 1 is 1.11 bits per heavy atom. The topological polar surface area (TPSA) is 86.7 Å². The van der Waals surface area contributed by atoms with Gasteiger partial charge in [-0.15, -0.1) is 0 Å². The summed E-state index contributed by atoms with van der Waals surface area (Å²) in [4.78, 5) is 25.8. The molecule has 0 aliphatic carbocycles. The van der Waals surface area contributed by atoms with Crippen LogP contribution in [0.5, 0.6) is 0 Å². The number of nitrogens with one attached hydrogen (secondary N) is 1. The van der Waals surface area contributed by atoms with Crippen molar-refractivity contribution in [2.75, 3.05) is 0 Å². The maximum atomic E-state index is 13.1. The summed E-state index contributed by atoms with van der Waals surface area (Å²) in [6, 6.07) is 9.70. The molecule has 0 aromatic heterocycles. The van der Waals surface area contributed by atoms with Crippen LogP contribution in [-0.2, 0) is 11.1 Å². The molecule has 2 rings (SSSR count). The lowest BCUT2D eigenvalue weighted by atomic mass is 10.0. The first-order valence-corrected chi connectivity index (χ1v) is 10.0. The number of carbonyl (C=O) groups is 2. The van der Waals surface area contributed by atoms with Gasteiger partial charge in [-0.1, -0.05) is 34.9 Å². The molecule has 0 bridgehead atoms. The van der Waals surface area contributed by atoms with Crippen LogP contribution in [0.1, 0.15) is 52.6 Å². The van der Waals surface area contributed by atoms with Gasteiger partial charge in [0, 0.05) is 5.56 Å². The predicted molar refractivity (Wildman–Crippen MR) is 110 cm³/mol. The Balaban J connectivity index is 2.41. The van der Waals surface area contributed by atoms with E-state index in [0.717, 1.165) is 11.1 Å². The number of amides is 2. The second kappa shape index (κ2) is 8.43. The highest BCUT2D eigenvalue weighted by Gasteiger charge is 2.30. The molecule has 0 aliphatic rings. The van der Waals surface area contributed by atoms with Crippen LogP contribution < -0.4 is 5.43 Å². The van der Waals surface area contributed by atoms with E-state index in [1.165, 1.54) is 23.2 Å². The van der Waals surface area contributed by atoms with Crippen LogP contribution >= 0.6 is 11.6 Å². The van der Waals surface area contributed by atoms with Crippen LogP contribution in [-0.4, -0.2) is 31.1 Å². The zero-order valence-corrected chi connectivity index (χ0v) is 17.9. The Kier molecular flexibility index (Phi) is 6.64. The van der Waals surface area contributed by atoms with E-state index in [2.05, 4.69) is 5.43 Å². The summed E-state index contributed by atoms with van der Waals surface area (Å²) in [6.07, 6.45) is 0. The van der Waals surface area contributed by atoms with E-state index in [4.69, 9.17) is 11.6 Å². The number of hydrazine groups is 1. The molecule has 2 aromatic rings. The quantitative estimate of drug-likeness (QED) is 0.575. The van der Waals surface area contributed by atoms with Crippen molar-refractivity contribution in [1.82, 2.24) is 10.4 Å². The summed E-state index contributed by atoms with van der Waals surface area (Å²) in [5.41, 5.74) is 4.19. The van der Waals surface area contributed by atoms with Crippen molar-refractivity contribution in [3.8, 4) is 0 Å². The average molecular weight is 423 g/mol. The molecule has 0 aliphatic heterocycles. The smallest absolute Gasteiger partial charge is 0.272 e. The SMILES string of the molecule is Cc1cc(C)cc(C(=O)N(NC(=O)c2cccc(S(=O)O)c2Cl)C(C)(C)C)c1. The van der Waals surface area contributed by atoms with Crippen LogP contribution in [0.2, 0.25) is 5.02 Å². The first-order valence-electron chi connectivity index (χ1n) is 8.55. The fourth-order valence-corrected chi connectivity index (χ4v) is 3.60. The van der Waals surface area contributed by atoms with E-state index < -0.39 is 22.5 Å². The monoisotopic (exact) mass is 422 g/mol. The molecule has 8 heteroatoms. The maximum absolute atomic E-state index is 13.1. The molecular formula is C20H23ClN2O4S. The van der Waals surface area contributed by atoms with Gasteiger partial charge < -0.3 is 4.55 Å². The zero-order valence-electron chi connectivity index (χ0n) is 16.4. The van der Waals surface area contributed by atoms with Gasteiger partial charge in [0.1, 0.15) is 0 Å². The van der Waals surface area contributed by atoms with Gasteiger partial charge in [-0.2, -0.15) is 0 Å². The molecule has 6 nitrogen and oxygen atoms in total. The molecule has 2 amide bonds. The van der Waals surface area contributed by atoms with Gasteiger partial charge in [-0.05, 0) is 58.9 Å². The summed E-state index contributed by atoms with van der Waals surface area (Å²) in [5.74, 6) is -1.02. The normalized spacial score (nSPS) is 12.4. The van der Waals surface area contributed by atoms with Gasteiger partial charge in [-0.25, -0.2) is 9.22 Å². The Bertz CT molecular complexity index is 933. The predicted octanol–water partition coefficient (Wildman–Crippen LogP) is 4.12. The van der Waals surface area contributed by atoms with E-state index >= 15 is 0 Å². The molecule has 0 radical (unpaired) electrons. The molecule has 1 atom stereocenters. The standard InChI is InChI=1S/C20H23ClN2O4S/c1-12-9-13(2)11-14(10-12)19(25)23(20(3,4)5)22-18(24)15-7-6-8-16(17(15)21)28(26)27/h6-11H,1-5H3,(H,22,24)(H,26,27). The number of aryl methyl sites for hydroxylation is 2. The summed E-state index contributed by atoms with van der Waals surface area (Å²) in [6.45, 7) is 9.14. The van der Waals surface area contributed by atoms with E-state index in [1.807, 2.05) is 19.9 Å². The Morgan fingerprint density at radius 3 is 2.18 bits per heavy atom. The molecule has 0 spiro atoms. The molecule has 150 valence electrons. The Morgan fingerprint density at radius 2 is 1.68 bits per heavy atom. The largest absolute Gasteiger partial charge is 0.302 e. The molecular weight excluding hydrogens is 400 g/mol. The second-order valence-electron chi connectivity index (χ2n) is 7.50. The van der Waals surface area contributed by atoms with Gasteiger partial charge >= 0.3 is 0 Å². The van der Waals surface area contributed by atoms with Gasteiger partial charge in [0.25, 0.3) is 11.8 Å². The van der Waals surface area contributed by atoms with Crippen molar-refractivity contribution < 1.29 is 18.4 Å². The minimum atomic E-state index is -2.33. The third-order valence-electron chi connectivity index (χ3n) is 3.95. The van der Waals surface area contributed by atoms with E-state index in [9.17, 15) is 18.4 Å². The zero-order chi connectivity index (χ0) is 21.2. The van der Waals surface area contributed by atoms with Gasteiger partial charge in [0.05, 0.1) is 21.0 Å². The highest BCUT2D eigenvalue weighted by molar-refractivity contribution is 7.79. The molecule has 0 fully saturated rings. The number of carbonyl (C=O) groups excluding carboxylic acids is 2. The van der Waals surface area contributed by atoms with Gasteiger partial charge in [-0.3, -0.25) is 15.0 Å². The van der Waals surface area contributed by atoms with Crippen molar-refractivity contribution >= 4 is 34.5 Å². The van der Waals surface area contributed by atoms with E-state index in [0.29, 0.717) is 5.56 Å². The Labute approximate surface area is 172 Å². The number of benzene rings is 2. The number of nitrogens with zero attached hydrogens (tertiary/aromatic N) is 1. The van der Waals surface area contributed by atoms with Crippen molar-refractivity contribution in [2.24, 2.45) is 0 Å². The van der Waals surface area contributed by atoms with Crippen molar-refractivity contribution in [3.05, 3.63) is 63.7 Å². The minimum absolute atomic E-state index is 0.00374. The fourth-order valence-electron chi connectivity index (χ4n) is 2.73. The van der Waals surface area contributed by atoms with Crippen LogP contribution in [0, 0.1) is 13.8 Å². The third-order valence-corrected chi connectivity index (χ3v) is 5.19.